The number of carboxylic acid groups (broad SMARTS) is 1. The van der Waals surface area contributed by atoms with Crippen LogP contribution in [-0.4, -0.2) is 27.4 Å². The Labute approximate surface area is 150 Å². The minimum atomic E-state index is -0.994. The number of hydrogen-bond acceptors (Lipinski definition) is 4. The van der Waals surface area contributed by atoms with Gasteiger partial charge in [-0.15, -0.1) is 0 Å². The van der Waals surface area contributed by atoms with Crippen LogP contribution in [0.25, 0.3) is 0 Å². The van der Waals surface area contributed by atoms with E-state index in [0.717, 1.165) is 16.8 Å². The fourth-order valence-corrected chi connectivity index (χ4v) is 3.64. The van der Waals surface area contributed by atoms with Crippen LogP contribution in [0.2, 0.25) is 0 Å². The van der Waals surface area contributed by atoms with Crippen LogP contribution < -0.4 is 4.90 Å². The second kappa shape index (κ2) is 7.11. The number of hydrogen-bond donors (Lipinski definition) is 1. The summed E-state index contributed by atoms with van der Waals surface area (Å²) in [7, 11) is 0. The third-order valence-electron chi connectivity index (χ3n) is 3.85. The normalized spacial score (nSPS) is 18.8. The standard InChI is InChI=1S/C19H18N2O3S/c1-12-3-7-14(8-4-12)20-19-21(15-9-5-13(2)6-10-15)18(24)16(25-19)11-17(22)23/h3-10,16H,11H2,1-2H3,(H,22,23)/t16-/m1/s1. The summed E-state index contributed by atoms with van der Waals surface area (Å²) >= 11 is 1.20. The first kappa shape index (κ1) is 17.2. The van der Waals surface area contributed by atoms with E-state index in [4.69, 9.17) is 5.11 Å². The summed E-state index contributed by atoms with van der Waals surface area (Å²) in [4.78, 5) is 29.9. The number of aliphatic imine (C=N–C) groups is 1. The maximum absolute atomic E-state index is 12.7. The van der Waals surface area contributed by atoms with Crippen LogP contribution >= 0.6 is 11.8 Å². The van der Waals surface area contributed by atoms with E-state index in [1.54, 1.807) is 0 Å². The third-order valence-corrected chi connectivity index (χ3v) is 4.98. The number of aryl methyl sites for hydroxylation is 2. The summed E-state index contributed by atoms with van der Waals surface area (Å²) in [5.41, 5.74) is 3.64. The van der Waals surface area contributed by atoms with Crippen LogP contribution in [0.15, 0.2) is 53.5 Å². The molecule has 1 aliphatic heterocycles. The predicted octanol–water partition coefficient (Wildman–Crippen LogP) is 3.91. The van der Waals surface area contributed by atoms with Gasteiger partial charge in [-0.05, 0) is 38.1 Å². The van der Waals surface area contributed by atoms with E-state index in [2.05, 4.69) is 4.99 Å². The van der Waals surface area contributed by atoms with Crippen LogP contribution in [-0.2, 0) is 9.59 Å². The molecule has 1 atom stereocenters. The van der Waals surface area contributed by atoms with Gasteiger partial charge in [0.25, 0.3) is 0 Å². The Morgan fingerprint density at radius 2 is 1.64 bits per heavy atom. The average Bonchev–Trinajstić information content (AvgIpc) is 2.86. The Bertz CT molecular complexity index is 829. The van der Waals surface area contributed by atoms with Crippen molar-refractivity contribution in [2.24, 2.45) is 4.99 Å². The van der Waals surface area contributed by atoms with Crippen molar-refractivity contribution in [2.75, 3.05) is 4.90 Å². The Balaban J connectivity index is 1.99. The zero-order valence-electron chi connectivity index (χ0n) is 14.0. The molecular weight excluding hydrogens is 336 g/mol. The number of thioether (sulfide) groups is 1. The van der Waals surface area contributed by atoms with Crippen molar-refractivity contribution < 1.29 is 14.7 Å². The first-order valence-corrected chi connectivity index (χ1v) is 8.76. The highest BCUT2D eigenvalue weighted by Gasteiger charge is 2.40. The molecule has 0 spiro atoms. The molecule has 0 radical (unpaired) electrons. The van der Waals surface area contributed by atoms with Crippen LogP contribution in [0.4, 0.5) is 11.4 Å². The SMILES string of the molecule is Cc1ccc(N=C2S[C@H](CC(=O)O)C(=O)N2c2ccc(C)cc2)cc1. The molecule has 0 aliphatic carbocycles. The number of carboxylic acids is 1. The molecule has 1 aliphatic rings. The highest BCUT2D eigenvalue weighted by Crippen LogP contribution is 2.35. The lowest BCUT2D eigenvalue weighted by molar-refractivity contribution is -0.138. The van der Waals surface area contributed by atoms with Gasteiger partial charge in [-0.3, -0.25) is 14.5 Å². The van der Waals surface area contributed by atoms with E-state index in [-0.39, 0.29) is 12.3 Å². The molecule has 1 N–H and O–H groups in total. The van der Waals surface area contributed by atoms with E-state index < -0.39 is 11.2 Å². The molecule has 1 amide bonds. The number of benzene rings is 2. The summed E-state index contributed by atoms with van der Waals surface area (Å²) in [5, 5.41) is 8.91. The molecule has 0 unspecified atom stereocenters. The number of amidine groups is 1. The van der Waals surface area contributed by atoms with Gasteiger partial charge in [0.15, 0.2) is 5.17 Å². The summed E-state index contributed by atoms with van der Waals surface area (Å²) < 4.78 is 0. The van der Waals surface area contributed by atoms with Crippen molar-refractivity contribution >= 4 is 40.2 Å². The first-order chi connectivity index (χ1) is 11.9. The molecule has 3 rings (SSSR count). The molecule has 2 aromatic carbocycles. The zero-order valence-corrected chi connectivity index (χ0v) is 14.8. The van der Waals surface area contributed by atoms with Gasteiger partial charge in [0.2, 0.25) is 5.91 Å². The molecule has 0 aromatic heterocycles. The minimum absolute atomic E-state index is 0.223. The lowest BCUT2D eigenvalue weighted by atomic mass is 10.2. The number of nitrogens with zero attached hydrogens (tertiary/aromatic N) is 2. The molecule has 25 heavy (non-hydrogen) atoms. The average molecular weight is 354 g/mol. The molecular formula is C19H18N2O3S. The predicted molar refractivity (Wildman–Crippen MR) is 101 cm³/mol. The first-order valence-electron chi connectivity index (χ1n) is 7.88. The highest BCUT2D eigenvalue weighted by atomic mass is 32.2. The second-order valence-electron chi connectivity index (χ2n) is 5.94. The topological polar surface area (TPSA) is 70.0 Å². The van der Waals surface area contributed by atoms with Crippen LogP contribution in [0, 0.1) is 13.8 Å². The lowest BCUT2D eigenvalue weighted by Gasteiger charge is -2.16. The molecule has 2 aromatic rings. The quantitative estimate of drug-likeness (QED) is 0.903. The number of carbonyl (C=O) groups is 2. The maximum atomic E-state index is 12.7. The third kappa shape index (κ3) is 3.91. The number of rotatable bonds is 4. The van der Waals surface area contributed by atoms with Crippen LogP contribution in [0.3, 0.4) is 0 Å². The molecule has 0 bridgehead atoms. The summed E-state index contributed by atoms with van der Waals surface area (Å²) in [6.07, 6.45) is -0.223. The van der Waals surface area contributed by atoms with Crippen molar-refractivity contribution in [3.05, 3.63) is 59.7 Å². The van der Waals surface area contributed by atoms with Crippen molar-refractivity contribution in [3.8, 4) is 0 Å². The van der Waals surface area contributed by atoms with E-state index in [9.17, 15) is 9.59 Å². The molecule has 1 heterocycles. The van der Waals surface area contributed by atoms with Crippen LogP contribution in [0.1, 0.15) is 17.5 Å². The molecule has 5 nitrogen and oxygen atoms in total. The van der Waals surface area contributed by atoms with Gasteiger partial charge in [0.05, 0.1) is 17.8 Å². The molecule has 0 saturated carbocycles. The highest BCUT2D eigenvalue weighted by molar-refractivity contribution is 8.16. The van der Waals surface area contributed by atoms with Crippen molar-refractivity contribution in [1.29, 1.82) is 0 Å². The molecule has 128 valence electrons. The molecule has 1 fully saturated rings. The number of aliphatic carboxylic acids is 1. The number of anilines is 1. The second-order valence-corrected chi connectivity index (χ2v) is 7.11. The van der Waals surface area contributed by atoms with Crippen molar-refractivity contribution in [3.63, 3.8) is 0 Å². The van der Waals surface area contributed by atoms with Gasteiger partial charge in [-0.2, -0.15) is 0 Å². The van der Waals surface area contributed by atoms with Gasteiger partial charge in [0, 0.05) is 0 Å². The Morgan fingerprint density at radius 1 is 1.08 bits per heavy atom. The molecule has 1 saturated heterocycles. The van der Waals surface area contributed by atoms with Gasteiger partial charge in [0.1, 0.15) is 5.25 Å². The van der Waals surface area contributed by atoms with E-state index in [0.29, 0.717) is 10.9 Å². The Kier molecular flexibility index (Phi) is 4.90. The monoisotopic (exact) mass is 354 g/mol. The van der Waals surface area contributed by atoms with Gasteiger partial charge in [-0.25, -0.2) is 4.99 Å². The van der Waals surface area contributed by atoms with E-state index in [1.807, 2.05) is 62.4 Å². The maximum Gasteiger partial charge on any atom is 0.305 e. The summed E-state index contributed by atoms with van der Waals surface area (Å²) in [6, 6.07) is 15.2. The summed E-state index contributed by atoms with van der Waals surface area (Å²) in [6.45, 7) is 3.96. The minimum Gasteiger partial charge on any atom is -0.481 e. The fourth-order valence-electron chi connectivity index (χ4n) is 2.49. The van der Waals surface area contributed by atoms with Gasteiger partial charge >= 0.3 is 5.97 Å². The van der Waals surface area contributed by atoms with Gasteiger partial charge < -0.3 is 5.11 Å². The fraction of sp³-hybridized carbons (Fsp3) is 0.211. The smallest absolute Gasteiger partial charge is 0.305 e. The van der Waals surface area contributed by atoms with Gasteiger partial charge in [-0.1, -0.05) is 47.2 Å². The van der Waals surface area contributed by atoms with Crippen molar-refractivity contribution in [1.82, 2.24) is 0 Å². The van der Waals surface area contributed by atoms with E-state index >= 15 is 0 Å². The zero-order chi connectivity index (χ0) is 18.0. The number of carbonyl (C=O) groups excluding carboxylic acids is 1. The number of amides is 1. The largest absolute Gasteiger partial charge is 0.481 e. The van der Waals surface area contributed by atoms with E-state index in [1.165, 1.54) is 16.7 Å². The van der Waals surface area contributed by atoms with Crippen molar-refractivity contribution in [2.45, 2.75) is 25.5 Å². The molecule has 6 heteroatoms. The lowest BCUT2D eigenvalue weighted by Crippen LogP contribution is -2.32. The van der Waals surface area contributed by atoms with Crippen LogP contribution in [0.5, 0.6) is 0 Å². The summed E-state index contributed by atoms with van der Waals surface area (Å²) in [5.74, 6) is -1.24. The Morgan fingerprint density at radius 3 is 2.20 bits per heavy atom. The Hall–Kier alpha value is -2.60.